The number of benzene rings is 1. The monoisotopic (exact) mass is 462 g/mol. The minimum absolute atomic E-state index is 0.0107. The molecule has 1 N–H and O–H groups in total. The molecule has 3 aliphatic rings. The van der Waals surface area contributed by atoms with Crippen LogP contribution in [0.5, 0.6) is 0 Å². The predicted molar refractivity (Wildman–Crippen MR) is 121 cm³/mol. The Morgan fingerprint density at radius 2 is 1.38 bits per heavy atom. The van der Waals surface area contributed by atoms with Gasteiger partial charge in [-0.1, -0.05) is 37.5 Å². The summed E-state index contributed by atoms with van der Waals surface area (Å²) in [7, 11) is -3.51. The van der Waals surface area contributed by atoms with E-state index in [0.29, 0.717) is 57.0 Å². The Balaban J connectivity index is 1.23. The van der Waals surface area contributed by atoms with Gasteiger partial charge in [-0.15, -0.1) is 0 Å². The van der Waals surface area contributed by atoms with Gasteiger partial charge in [-0.3, -0.25) is 4.79 Å². The van der Waals surface area contributed by atoms with Crippen molar-refractivity contribution in [1.82, 2.24) is 19.4 Å². The van der Waals surface area contributed by atoms with Gasteiger partial charge in [0.05, 0.1) is 4.90 Å². The Morgan fingerprint density at radius 1 is 0.781 bits per heavy atom. The zero-order valence-electron chi connectivity index (χ0n) is 18.6. The molecular weight excluding hydrogens is 428 g/mol. The van der Waals surface area contributed by atoms with Crippen LogP contribution in [-0.2, 0) is 14.8 Å². The van der Waals surface area contributed by atoms with Crippen molar-refractivity contribution >= 4 is 22.0 Å². The number of urea groups is 1. The van der Waals surface area contributed by atoms with Gasteiger partial charge in [0.1, 0.15) is 0 Å². The predicted octanol–water partition coefficient (Wildman–Crippen LogP) is 2.27. The van der Waals surface area contributed by atoms with E-state index >= 15 is 0 Å². The number of piperidine rings is 1. The third-order valence-corrected chi connectivity index (χ3v) is 8.91. The van der Waals surface area contributed by atoms with Gasteiger partial charge < -0.3 is 15.1 Å². The molecule has 4 rings (SSSR count). The van der Waals surface area contributed by atoms with Crippen LogP contribution in [0.3, 0.4) is 0 Å². The summed E-state index contributed by atoms with van der Waals surface area (Å²) in [6, 6.07) is 8.73. The van der Waals surface area contributed by atoms with Crippen molar-refractivity contribution in [2.24, 2.45) is 5.92 Å². The molecule has 2 aliphatic heterocycles. The Hall–Kier alpha value is -2.13. The molecule has 0 spiro atoms. The minimum atomic E-state index is -3.51. The number of carbonyl (C=O) groups is 2. The van der Waals surface area contributed by atoms with Crippen LogP contribution in [0.1, 0.15) is 44.9 Å². The highest BCUT2D eigenvalue weighted by molar-refractivity contribution is 7.89. The standard InChI is InChI=1S/C23H34N4O4S/c28-22(19-11-13-27(14-12-19)32(30,31)21-9-5-2-6-10-21)25-15-17-26(18-16-25)23(29)24-20-7-3-1-4-8-20/h2,5-6,9-10,19-20H,1,3-4,7-8,11-18H2,(H,24,29). The van der Waals surface area contributed by atoms with Crippen molar-refractivity contribution in [3.8, 4) is 0 Å². The summed E-state index contributed by atoms with van der Waals surface area (Å²) in [6.07, 6.45) is 6.80. The first-order chi connectivity index (χ1) is 15.4. The van der Waals surface area contributed by atoms with E-state index in [9.17, 15) is 18.0 Å². The molecular formula is C23H34N4O4S. The number of piperazine rings is 1. The summed E-state index contributed by atoms with van der Waals surface area (Å²) in [5.41, 5.74) is 0. The summed E-state index contributed by atoms with van der Waals surface area (Å²) >= 11 is 0. The highest BCUT2D eigenvalue weighted by atomic mass is 32.2. The molecule has 2 saturated heterocycles. The molecule has 3 amide bonds. The number of hydrogen-bond donors (Lipinski definition) is 1. The first kappa shape index (κ1) is 23.0. The number of amides is 3. The van der Waals surface area contributed by atoms with E-state index in [2.05, 4.69) is 5.32 Å². The van der Waals surface area contributed by atoms with E-state index in [4.69, 9.17) is 0 Å². The molecule has 0 atom stereocenters. The van der Waals surface area contributed by atoms with Crippen LogP contribution in [0, 0.1) is 5.92 Å². The fourth-order valence-electron chi connectivity index (χ4n) is 4.99. The van der Waals surface area contributed by atoms with Crippen molar-refractivity contribution in [2.45, 2.75) is 55.9 Å². The smallest absolute Gasteiger partial charge is 0.317 e. The normalized spacial score (nSPS) is 22.0. The number of hydrogen-bond acceptors (Lipinski definition) is 4. The van der Waals surface area contributed by atoms with Crippen LogP contribution < -0.4 is 5.32 Å². The van der Waals surface area contributed by atoms with Crippen molar-refractivity contribution in [3.63, 3.8) is 0 Å². The molecule has 8 nitrogen and oxygen atoms in total. The molecule has 2 heterocycles. The molecule has 9 heteroatoms. The lowest BCUT2D eigenvalue weighted by Crippen LogP contribution is -2.56. The molecule has 0 radical (unpaired) electrons. The molecule has 0 unspecified atom stereocenters. The first-order valence-corrected chi connectivity index (χ1v) is 13.3. The quantitative estimate of drug-likeness (QED) is 0.743. The van der Waals surface area contributed by atoms with Crippen molar-refractivity contribution in [2.75, 3.05) is 39.3 Å². The van der Waals surface area contributed by atoms with Gasteiger partial charge >= 0.3 is 6.03 Å². The Morgan fingerprint density at radius 3 is 2.00 bits per heavy atom. The lowest BCUT2D eigenvalue weighted by molar-refractivity contribution is -0.138. The van der Waals surface area contributed by atoms with E-state index in [1.807, 2.05) is 9.80 Å². The van der Waals surface area contributed by atoms with Crippen LogP contribution in [0.2, 0.25) is 0 Å². The number of nitrogens with one attached hydrogen (secondary N) is 1. The van der Waals surface area contributed by atoms with Gasteiger partial charge in [-0.2, -0.15) is 4.31 Å². The van der Waals surface area contributed by atoms with Crippen molar-refractivity contribution < 1.29 is 18.0 Å². The average molecular weight is 463 g/mol. The maximum absolute atomic E-state index is 13.0. The van der Waals surface area contributed by atoms with Crippen molar-refractivity contribution in [1.29, 1.82) is 0 Å². The fraction of sp³-hybridized carbons (Fsp3) is 0.652. The molecule has 0 aromatic heterocycles. The molecule has 1 saturated carbocycles. The number of nitrogens with zero attached hydrogens (tertiary/aromatic N) is 3. The highest BCUT2D eigenvalue weighted by Gasteiger charge is 2.35. The molecule has 3 fully saturated rings. The number of rotatable bonds is 4. The summed E-state index contributed by atoms with van der Waals surface area (Å²) in [6.45, 7) is 2.89. The van der Waals surface area contributed by atoms with Crippen LogP contribution >= 0.6 is 0 Å². The lowest BCUT2D eigenvalue weighted by Gasteiger charge is -2.38. The molecule has 0 bridgehead atoms. The van der Waals surface area contributed by atoms with Crippen molar-refractivity contribution in [3.05, 3.63) is 30.3 Å². The van der Waals surface area contributed by atoms with Gasteiger partial charge in [0.2, 0.25) is 15.9 Å². The average Bonchev–Trinajstić information content (AvgIpc) is 2.85. The Kier molecular flexibility index (Phi) is 7.35. The highest BCUT2D eigenvalue weighted by Crippen LogP contribution is 2.25. The summed E-state index contributed by atoms with van der Waals surface area (Å²) < 4.78 is 27.1. The van der Waals surface area contributed by atoms with Gasteiger partial charge in [0, 0.05) is 51.2 Å². The summed E-state index contributed by atoms with van der Waals surface area (Å²) in [4.78, 5) is 29.5. The Bertz CT molecular complexity index is 886. The fourth-order valence-corrected chi connectivity index (χ4v) is 6.48. The zero-order valence-corrected chi connectivity index (χ0v) is 19.4. The second kappa shape index (κ2) is 10.2. The van der Waals surface area contributed by atoms with Crippen LogP contribution in [0.4, 0.5) is 4.79 Å². The largest absolute Gasteiger partial charge is 0.339 e. The van der Waals surface area contributed by atoms with E-state index < -0.39 is 10.0 Å². The SMILES string of the molecule is O=C(NC1CCCCC1)N1CCN(C(=O)C2CCN(S(=O)(=O)c3ccccc3)CC2)CC1. The molecule has 1 aromatic carbocycles. The summed E-state index contributed by atoms with van der Waals surface area (Å²) in [5.74, 6) is -0.0612. The maximum Gasteiger partial charge on any atom is 0.317 e. The zero-order chi connectivity index (χ0) is 22.6. The molecule has 176 valence electrons. The first-order valence-electron chi connectivity index (χ1n) is 11.8. The number of sulfonamides is 1. The Labute approximate surface area is 191 Å². The van der Waals surface area contributed by atoms with Crippen LogP contribution in [0.15, 0.2) is 35.2 Å². The number of carbonyl (C=O) groups excluding carboxylic acids is 2. The van der Waals surface area contributed by atoms with Gasteiger partial charge in [0.15, 0.2) is 0 Å². The third kappa shape index (κ3) is 5.26. The molecule has 1 aliphatic carbocycles. The molecule has 1 aromatic rings. The summed E-state index contributed by atoms with van der Waals surface area (Å²) in [5, 5.41) is 3.15. The third-order valence-electron chi connectivity index (χ3n) is 7.00. The van der Waals surface area contributed by atoms with E-state index in [-0.39, 0.29) is 23.9 Å². The second-order valence-electron chi connectivity index (χ2n) is 9.09. The van der Waals surface area contributed by atoms with Crippen LogP contribution in [0.25, 0.3) is 0 Å². The lowest BCUT2D eigenvalue weighted by atomic mass is 9.95. The second-order valence-corrected chi connectivity index (χ2v) is 11.0. The molecule has 32 heavy (non-hydrogen) atoms. The van der Waals surface area contributed by atoms with E-state index in [1.165, 1.54) is 23.6 Å². The van der Waals surface area contributed by atoms with Crippen LogP contribution in [-0.4, -0.2) is 79.8 Å². The van der Waals surface area contributed by atoms with Gasteiger partial charge in [-0.25, -0.2) is 13.2 Å². The van der Waals surface area contributed by atoms with E-state index in [1.54, 1.807) is 30.3 Å². The van der Waals surface area contributed by atoms with Gasteiger partial charge in [-0.05, 0) is 37.8 Å². The van der Waals surface area contributed by atoms with E-state index in [0.717, 1.165) is 12.8 Å². The van der Waals surface area contributed by atoms with Gasteiger partial charge in [0.25, 0.3) is 0 Å². The maximum atomic E-state index is 13.0. The minimum Gasteiger partial charge on any atom is -0.339 e. The topological polar surface area (TPSA) is 90.0 Å².